The summed E-state index contributed by atoms with van der Waals surface area (Å²) in [6.07, 6.45) is 4.29. The molecule has 2 aromatic heterocycles. The molecular weight excluding hydrogens is 306 g/mol. The quantitative estimate of drug-likeness (QED) is 0.827. The molecule has 0 spiro atoms. The Morgan fingerprint density at radius 3 is 3.00 bits per heavy atom. The highest BCUT2D eigenvalue weighted by atomic mass is 16.5. The summed E-state index contributed by atoms with van der Waals surface area (Å²) in [5.41, 5.74) is 1.13. The number of nitrogens with zero attached hydrogens (tertiary/aromatic N) is 5. The van der Waals surface area contributed by atoms with Gasteiger partial charge in [0, 0.05) is 25.5 Å². The van der Waals surface area contributed by atoms with E-state index in [0.717, 1.165) is 17.9 Å². The summed E-state index contributed by atoms with van der Waals surface area (Å²) in [5.74, 6) is 1.27. The molecule has 1 saturated heterocycles. The normalized spacial score (nSPS) is 20.0. The van der Waals surface area contributed by atoms with Gasteiger partial charge in [-0.3, -0.25) is 4.98 Å². The average Bonchev–Trinajstić information content (AvgIpc) is 3.03. The number of hydrogen-bond donors (Lipinski definition) is 0. The van der Waals surface area contributed by atoms with Crippen LogP contribution in [0.4, 0.5) is 5.95 Å². The molecule has 1 aliphatic rings. The lowest BCUT2D eigenvalue weighted by atomic mass is 10.2. The van der Waals surface area contributed by atoms with E-state index in [9.17, 15) is 0 Å². The molecule has 2 aromatic rings. The van der Waals surface area contributed by atoms with Crippen LogP contribution < -0.4 is 9.64 Å². The SMILES string of the molecule is CO[C@@H]1C[C@@H](COc2cccnc2)N(c2nc(C)cc(C#N)n2)C1. The van der Waals surface area contributed by atoms with Crippen molar-refractivity contribution in [3.8, 4) is 11.8 Å². The van der Waals surface area contributed by atoms with Crippen LogP contribution in [0.5, 0.6) is 5.75 Å². The first-order chi connectivity index (χ1) is 11.7. The van der Waals surface area contributed by atoms with E-state index in [2.05, 4.69) is 25.9 Å². The molecule has 1 aliphatic heterocycles. The average molecular weight is 325 g/mol. The molecule has 7 heteroatoms. The fourth-order valence-electron chi connectivity index (χ4n) is 2.81. The lowest BCUT2D eigenvalue weighted by Gasteiger charge is -2.24. The third kappa shape index (κ3) is 3.60. The highest BCUT2D eigenvalue weighted by molar-refractivity contribution is 5.39. The van der Waals surface area contributed by atoms with Crippen molar-refractivity contribution in [3.05, 3.63) is 42.0 Å². The van der Waals surface area contributed by atoms with E-state index < -0.39 is 0 Å². The van der Waals surface area contributed by atoms with E-state index in [-0.39, 0.29) is 12.1 Å². The van der Waals surface area contributed by atoms with Gasteiger partial charge in [-0.15, -0.1) is 0 Å². The molecule has 3 rings (SSSR count). The molecule has 7 nitrogen and oxygen atoms in total. The zero-order chi connectivity index (χ0) is 16.9. The predicted octanol–water partition coefficient (Wildman–Crippen LogP) is 1.72. The summed E-state index contributed by atoms with van der Waals surface area (Å²) < 4.78 is 11.3. The Balaban J connectivity index is 1.79. The first-order valence-electron chi connectivity index (χ1n) is 7.77. The fraction of sp³-hybridized carbons (Fsp3) is 0.412. The molecule has 0 unspecified atom stereocenters. The number of aromatic nitrogens is 3. The maximum absolute atomic E-state index is 9.13. The second kappa shape index (κ2) is 7.23. The van der Waals surface area contributed by atoms with Gasteiger partial charge >= 0.3 is 0 Å². The number of pyridine rings is 1. The van der Waals surface area contributed by atoms with Crippen molar-refractivity contribution >= 4 is 5.95 Å². The van der Waals surface area contributed by atoms with Crippen molar-refractivity contribution in [1.82, 2.24) is 15.0 Å². The van der Waals surface area contributed by atoms with Crippen molar-refractivity contribution in [2.45, 2.75) is 25.5 Å². The minimum atomic E-state index is 0.0727. The van der Waals surface area contributed by atoms with Crippen LogP contribution in [-0.4, -0.2) is 47.4 Å². The number of nitriles is 1. The maximum atomic E-state index is 9.13. The van der Waals surface area contributed by atoms with Gasteiger partial charge in [0.2, 0.25) is 5.95 Å². The number of hydrogen-bond acceptors (Lipinski definition) is 7. The third-order valence-electron chi connectivity index (χ3n) is 4.00. The molecule has 0 saturated carbocycles. The topological polar surface area (TPSA) is 84.2 Å². The molecule has 0 bridgehead atoms. The Labute approximate surface area is 140 Å². The monoisotopic (exact) mass is 325 g/mol. The Bertz CT molecular complexity index is 732. The van der Waals surface area contributed by atoms with E-state index in [1.165, 1.54) is 0 Å². The summed E-state index contributed by atoms with van der Waals surface area (Å²) in [7, 11) is 1.70. The molecule has 3 heterocycles. The molecule has 0 amide bonds. The summed E-state index contributed by atoms with van der Waals surface area (Å²) in [6.45, 7) is 3.01. The molecular formula is C17H19N5O2. The molecule has 24 heavy (non-hydrogen) atoms. The standard InChI is InChI=1S/C17H19N5O2/c1-12-6-13(8-18)21-17(20-12)22-10-16(23-2)7-14(22)11-24-15-4-3-5-19-9-15/h3-6,9,14,16H,7,10-11H2,1-2H3/t14-,16+/m0/s1. The Morgan fingerprint density at radius 1 is 1.42 bits per heavy atom. The van der Waals surface area contributed by atoms with E-state index in [4.69, 9.17) is 14.7 Å². The van der Waals surface area contributed by atoms with Crippen molar-refractivity contribution in [1.29, 1.82) is 5.26 Å². The maximum Gasteiger partial charge on any atom is 0.227 e. The highest BCUT2D eigenvalue weighted by Gasteiger charge is 2.34. The van der Waals surface area contributed by atoms with Crippen LogP contribution in [0.15, 0.2) is 30.6 Å². The number of aryl methyl sites for hydroxylation is 1. The molecule has 124 valence electrons. The van der Waals surface area contributed by atoms with E-state index in [0.29, 0.717) is 24.8 Å². The minimum Gasteiger partial charge on any atom is -0.490 e. The number of rotatable bonds is 5. The van der Waals surface area contributed by atoms with Gasteiger partial charge in [-0.1, -0.05) is 0 Å². The predicted molar refractivity (Wildman–Crippen MR) is 87.8 cm³/mol. The first-order valence-corrected chi connectivity index (χ1v) is 7.77. The van der Waals surface area contributed by atoms with Crippen LogP contribution in [0.1, 0.15) is 17.8 Å². The summed E-state index contributed by atoms with van der Waals surface area (Å²) in [4.78, 5) is 14.9. The Morgan fingerprint density at radius 2 is 2.29 bits per heavy atom. The van der Waals surface area contributed by atoms with Gasteiger partial charge in [0.05, 0.1) is 18.3 Å². The van der Waals surface area contributed by atoms with Gasteiger partial charge in [0.25, 0.3) is 0 Å². The molecule has 0 aliphatic carbocycles. The fourth-order valence-corrected chi connectivity index (χ4v) is 2.81. The van der Waals surface area contributed by atoms with Gasteiger partial charge in [0.1, 0.15) is 24.1 Å². The lowest BCUT2D eigenvalue weighted by Crippen LogP contribution is -2.36. The van der Waals surface area contributed by atoms with Crippen molar-refractivity contribution in [2.24, 2.45) is 0 Å². The highest BCUT2D eigenvalue weighted by Crippen LogP contribution is 2.25. The van der Waals surface area contributed by atoms with E-state index in [1.807, 2.05) is 19.1 Å². The van der Waals surface area contributed by atoms with Crippen molar-refractivity contribution < 1.29 is 9.47 Å². The zero-order valence-corrected chi connectivity index (χ0v) is 13.7. The zero-order valence-electron chi connectivity index (χ0n) is 13.7. The summed E-state index contributed by atoms with van der Waals surface area (Å²) >= 11 is 0. The lowest BCUT2D eigenvalue weighted by molar-refractivity contribution is 0.115. The van der Waals surface area contributed by atoms with Gasteiger partial charge < -0.3 is 14.4 Å². The van der Waals surface area contributed by atoms with Crippen LogP contribution in [0.3, 0.4) is 0 Å². The van der Waals surface area contributed by atoms with Crippen LogP contribution in [-0.2, 0) is 4.74 Å². The van der Waals surface area contributed by atoms with Crippen LogP contribution >= 0.6 is 0 Å². The van der Waals surface area contributed by atoms with Crippen LogP contribution in [0.2, 0.25) is 0 Å². The van der Waals surface area contributed by atoms with Gasteiger partial charge in [0.15, 0.2) is 0 Å². The second-order valence-electron chi connectivity index (χ2n) is 5.71. The van der Waals surface area contributed by atoms with Gasteiger partial charge in [-0.25, -0.2) is 9.97 Å². The minimum absolute atomic E-state index is 0.0727. The van der Waals surface area contributed by atoms with Crippen molar-refractivity contribution in [3.63, 3.8) is 0 Å². The second-order valence-corrected chi connectivity index (χ2v) is 5.71. The van der Waals surface area contributed by atoms with E-state index in [1.54, 1.807) is 25.6 Å². The number of ether oxygens (including phenoxy) is 2. The third-order valence-corrected chi connectivity index (χ3v) is 4.00. The summed E-state index contributed by atoms with van der Waals surface area (Å²) in [6, 6.07) is 7.54. The first kappa shape index (κ1) is 16.1. The van der Waals surface area contributed by atoms with Gasteiger partial charge in [-0.05, 0) is 31.5 Å². The molecule has 0 radical (unpaired) electrons. The van der Waals surface area contributed by atoms with Crippen LogP contribution in [0.25, 0.3) is 0 Å². The largest absolute Gasteiger partial charge is 0.490 e. The van der Waals surface area contributed by atoms with Crippen LogP contribution in [0, 0.1) is 18.3 Å². The smallest absolute Gasteiger partial charge is 0.227 e. The number of anilines is 1. The number of methoxy groups -OCH3 is 1. The van der Waals surface area contributed by atoms with Crippen molar-refractivity contribution in [2.75, 3.05) is 25.2 Å². The molecule has 1 fully saturated rings. The molecule has 2 atom stereocenters. The Hall–Kier alpha value is -2.72. The van der Waals surface area contributed by atoms with E-state index >= 15 is 0 Å². The summed E-state index contributed by atoms with van der Waals surface area (Å²) in [5, 5.41) is 9.13. The molecule has 0 N–H and O–H groups in total. The molecule has 0 aromatic carbocycles. The Kier molecular flexibility index (Phi) is 4.87. The van der Waals surface area contributed by atoms with Gasteiger partial charge in [-0.2, -0.15) is 5.26 Å².